The molecular weight excluding hydrogens is 279 g/mol. The lowest BCUT2D eigenvalue weighted by molar-refractivity contribution is -0.274. The molecule has 0 radical (unpaired) electrons. The van der Waals surface area contributed by atoms with Gasteiger partial charge in [-0.25, -0.2) is 0 Å². The number of nitrogens with two attached hydrogens (primary N) is 1. The quantitative estimate of drug-likeness (QED) is 0.915. The van der Waals surface area contributed by atoms with Crippen molar-refractivity contribution >= 4 is 0 Å². The summed E-state index contributed by atoms with van der Waals surface area (Å²) in [7, 11) is 0. The second-order valence-corrected chi connectivity index (χ2v) is 6.40. The van der Waals surface area contributed by atoms with Gasteiger partial charge in [0.05, 0.1) is 0 Å². The van der Waals surface area contributed by atoms with Gasteiger partial charge >= 0.3 is 6.36 Å². The van der Waals surface area contributed by atoms with Crippen molar-refractivity contribution < 1.29 is 17.9 Å². The average Bonchev–Trinajstić information content (AvgIpc) is 3.01. The standard InChI is InChI=1S/C16H20F3NO/c17-16(18,19)21-13-5-2-10(3-6-13)9-15(20)14-8-11-1-4-12(14)7-11/h2-3,5-6,11-12,14-15H,1,4,7-9,20H2. The van der Waals surface area contributed by atoms with Gasteiger partial charge in [0.25, 0.3) is 0 Å². The number of alkyl halides is 3. The van der Waals surface area contributed by atoms with Crippen molar-refractivity contribution in [2.45, 2.75) is 44.5 Å². The first-order valence-corrected chi connectivity index (χ1v) is 7.51. The van der Waals surface area contributed by atoms with Gasteiger partial charge in [0.2, 0.25) is 0 Å². The molecule has 21 heavy (non-hydrogen) atoms. The van der Waals surface area contributed by atoms with E-state index in [1.165, 1.54) is 37.8 Å². The van der Waals surface area contributed by atoms with Crippen LogP contribution >= 0.6 is 0 Å². The van der Waals surface area contributed by atoms with E-state index in [9.17, 15) is 13.2 Å². The Hall–Kier alpha value is -1.23. The van der Waals surface area contributed by atoms with E-state index < -0.39 is 6.36 Å². The van der Waals surface area contributed by atoms with Gasteiger partial charge in [-0.05, 0) is 61.1 Å². The largest absolute Gasteiger partial charge is 0.573 e. The van der Waals surface area contributed by atoms with Crippen molar-refractivity contribution in [1.29, 1.82) is 0 Å². The first-order valence-electron chi connectivity index (χ1n) is 7.51. The molecule has 2 aliphatic carbocycles. The molecule has 2 bridgehead atoms. The Morgan fingerprint density at radius 2 is 1.86 bits per heavy atom. The van der Waals surface area contributed by atoms with E-state index in [0.717, 1.165) is 23.8 Å². The van der Waals surface area contributed by atoms with Crippen LogP contribution in [-0.2, 0) is 6.42 Å². The van der Waals surface area contributed by atoms with Gasteiger partial charge in [0.1, 0.15) is 5.75 Å². The second kappa shape index (κ2) is 5.52. The zero-order valence-corrected chi connectivity index (χ0v) is 11.8. The smallest absolute Gasteiger partial charge is 0.406 e. The fourth-order valence-electron chi connectivity index (χ4n) is 4.07. The maximum Gasteiger partial charge on any atom is 0.573 e. The zero-order chi connectivity index (χ0) is 15.0. The summed E-state index contributed by atoms with van der Waals surface area (Å²) in [6, 6.07) is 6.17. The summed E-state index contributed by atoms with van der Waals surface area (Å²) >= 11 is 0. The van der Waals surface area contributed by atoms with Crippen LogP contribution in [0.1, 0.15) is 31.2 Å². The van der Waals surface area contributed by atoms with E-state index in [1.54, 1.807) is 12.1 Å². The van der Waals surface area contributed by atoms with Crippen molar-refractivity contribution in [3.63, 3.8) is 0 Å². The third-order valence-electron chi connectivity index (χ3n) is 4.97. The molecule has 0 aliphatic heterocycles. The molecule has 116 valence electrons. The van der Waals surface area contributed by atoms with Gasteiger partial charge in [-0.1, -0.05) is 18.6 Å². The minimum Gasteiger partial charge on any atom is -0.406 e. The number of halogens is 3. The van der Waals surface area contributed by atoms with Gasteiger partial charge in [-0.2, -0.15) is 0 Å². The zero-order valence-electron chi connectivity index (χ0n) is 11.8. The molecule has 1 aromatic rings. The average molecular weight is 299 g/mol. The molecule has 1 aromatic carbocycles. The highest BCUT2D eigenvalue weighted by molar-refractivity contribution is 5.28. The highest BCUT2D eigenvalue weighted by atomic mass is 19.4. The van der Waals surface area contributed by atoms with Crippen LogP contribution in [0.25, 0.3) is 0 Å². The lowest BCUT2D eigenvalue weighted by atomic mass is 9.81. The molecule has 4 atom stereocenters. The Bertz CT molecular complexity index is 485. The number of ether oxygens (including phenoxy) is 1. The number of fused-ring (bicyclic) bond motifs is 2. The molecule has 3 rings (SSSR count). The minimum atomic E-state index is -4.64. The molecule has 0 aromatic heterocycles. The molecule has 0 spiro atoms. The van der Waals surface area contributed by atoms with Gasteiger partial charge in [0, 0.05) is 6.04 Å². The van der Waals surface area contributed by atoms with Gasteiger partial charge in [-0.15, -0.1) is 13.2 Å². The summed E-state index contributed by atoms with van der Waals surface area (Å²) in [5.74, 6) is 2.01. The molecule has 2 saturated carbocycles. The predicted octanol–water partition coefficient (Wildman–Crippen LogP) is 3.89. The Balaban J connectivity index is 1.57. The fraction of sp³-hybridized carbons (Fsp3) is 0.625. The van der Waals surface area contributed by atoms with Gasteiger partial charge in [-0.3, -0.25) is 0 Å². The van der Waals surface area contributed by atoms with Crippen molar-refractivity contribution in [2.75, 3.05) is 0 Å². The van der Waals surface area contributed by atoms with E-state index >= 15 is 0 Å². The summed E-state index contributed by atoms with van der Waals surface area (Å²) in [5.41, 5.74) is 7.30. The fourth-order valence-corrected chi connectivity index (χ4v) is 4.07. The number of benzene rings is 1. The monoisotopic (exact) mass is 299 g/mol. The van der Waals surface area contributed by atoms with Crippen LogP contribution in [0.3, 0.4) is 0 Å². The van der Waals surface area contributed by atoms with Crippen molar-refractivity contribution in [3.8, 4) is 5.75 Å². The first kappa shape index (κ1) is 14.7. The third kappa shape index (κ3) is 3.51. The number of hydrogen-bond donors (Lipinski definition) is 1. The number of rotatable bonds is 4. The molecule has 0 amide bonds. The van der Waals surface area contributed by atoms with E-state index in [0.29, 0.717) is 5.92 Å². The topological polar surface area (TPSA) is 35.2 Å². The Morgan fingerprint density at radius 3 is 2.38 bits per heavy atom. The van der Waals surface area contributed by atoms with Gasteiger partial charge in [0.15, 0.2) is 0 Å². The summed E-state index contributed by atoms with van der Waals surface area (Å²) in [6.07, 6.45) is 1.26. The summed E-state index contributed by atoms with van der Waals surface area (Å²) in [4.78, 5) is 0. The van der Waals surface area contributed by atoms with Crippen LogP contribution < -0.4 is 10.5 Å². The SMILES string of the molecule is NC(Cc1ccc(OC(F)(F)F)cc1)C1CC2CCC1C2. The molecule has 2 aliphatic rings. The van der Waals surface area contributed by atoms with Crippen LogP contribution in [0.4, 0.5) is 13.2 Å². The molecule has 2 N–H and O–H groups in total. The van der Waals surface area contributed by atoms with Crippen LogP contribution in [0.5, 0.6) is 5.75 Å². The molecule has 0 saturated heterocycles. The molecular formula is C16H20F3NO. The van der Waals surface area contributed by atoms with E-state index in [1.807, 2.05) is 0 Å². The molecule has 2 nitrogen and oxygen atoms in total. The molecule has 2 fully saturated rings. The Labute approximate surface area is 122 Å². The predicted molar refractivity (Wildman–Crippen MR) is 73.7 cm³/mol. The summed E-state index contributed by atoms with van der Waals surface area (Å²) in [6.45, 7) is 0. The molecule has 4 unspecified atom stereocenters. The number of hydrogen-bond acceptors (Lipinski definition) is 2. The lowest BCUT2D eigenvalue weighted by Gasteiger charge is -2.27. The Morgan fingerprint density at radius 1 is 1.14 bits per heavy atom. The maximum atomic E-state index is 12.1. The van der Waals surface area contributed by atoms with Gasteiger partial charge < -0.3 is 10.5 Å². The van der Waals surface area contributed by atoms with Crippen LogP contribution in [0.15, 0.2) is 24.3 Å². The third-order valence-corrected chi connectivity index (χ3v) is 4.97. The second-order valence-electron chi connectivity index (χ2n) is 6.40. The molecule has 0 heterocycles. The highest BCUT2D eigenvalue weighted by Crippen LogP contribution is 2.49. The van der Waals surface area contributed by atoms with Crippen molar-refractivity contribution in [3.05, 3.63) is 29.8 Å². The van der Waals surface area contributed by atoms with E-state index in [-0.39, 0.29) is 11.8 Å². The Kier molecular flexibility index (Phi) is 3.86. The first-order chi connectivity index (χ1) is 9.90. The molecule has 5 heteroatoms. The minimum absolute atomic E-state index is 0.106. The normalized spacial score (nSPS) is 29.6. The maximum absolute atomic E-state index is 12.1. The highest BCUT2D eigenvalue weighted by Gasteiger charge is 2.41. The van der Waals surface area contributed by atoms with Crippen LogP contribution in [0, 0.1) is 17.8 Å². The van der Waals surface area contributed by atoms with Crippen molar-refractivity contribution in [1.82, 2.24) is 0 Å². The van der Waals surface area contributed by atoms with Crippen molar-refractivity contribution in [2.24, 2.45) is 23.5 Å². The van der Waals surface area contributed by atoms with Crippen LogP contribution in [0.2, 0.25) is 0 Å². The summed E-state index contributed by atoms with van der Waals surface area (Å²) in [5, 5.41) is 0. The van der Waals surface area contributed by atoms with E-state index in [2.05, 4.69) is 4.74 Å². The van der Waals surface area contributed by atoms with E-state index in [4.69, 9.17) is 5.73 Å². The lowest BCUT2D eigenvalue weighted by Crippen LogP contribution is -2.35. The van der Waals surface area contributed by atoms with Crippen LogP contribution in [-0.4, -0.2) is 12.4 Å². The summed E-state index contributed by atoms with van der Waals surface area (Å²) < 4.78 is 40.2.